The summed E-state index contributed by atoms with van der Waals surface area (Å²) in [5.41, 5.74) is 0.673. The lowest BCUT2D eigenvalue weighted by Crippen LogP contribution is -2.28. The average Bonchev–Trinajstić information content (AvgIpc) is 2.90. The first-order valence-electron chi connectivity index (χ1n) is 6.78. The summed E-state index contributed by atoms with van der Waals surface area (Å²) in [6.45, 7) is 3.63. The molecule has 0 amide bonds. The van der Waals surface area contributed by atoms with Crippen molar-refractivity contribution < 1.29 is 13.6 Å². The van der Waals surface area contributed by atoms with Crippen LogP contribution in [0.3, 0.4) is 0 Å². The number of carbonyl (C=O) groups is 1. The van der Waals surface area contributed by atoms with Gasteiger partial charge in [0.1, 0.15) is 11.4 Å². The second-order valence-electron chi connectivity index (χ2n) is 5.61. The van der Waals surface area contributed by atoms with Crippen molar-refractivity contribution in [3.8, 4) is 0 Å². The third kappa shape index (κ3) is 2.35. The van der Waals surface area contributed by atoms with Crippen LogP contribution >= 0.6 is 0 Å². The summed E-state index contributed by atoms with van der Waals surface area (Å²) in [6.07, 6.45) is 0. The van der Waals surface area contributed by atoms with Crippen molar-refractivity contribution in [3.05, 3.63) is 71.7 Å². The molecule has 0 fully saturated rings. The molecule has 0 radical (unpaired) electrons. The monoisotopic (exact) mass is 282 g/mol. The van der Waals surface area contributed by atoms with E-state index in [1.807, 2.05) is 38.1 Å². The summed E-state index contributed by atoms with van der Waals surface area (Å²) in [6, 6.07) is 15.3. The highest BCUT2D eigenvalue weighted by Crippen LogP contribution is 2.30. The molecule has 3 rings (SSSR count). The van der Waals surface area contributed by atoms with Crippen LogP contribution in [0.2, 0.25) is 0 Å². The van der Waals surface area contributed by atoms with Gasteiger partial charge < -0.3 is 4.42 Å². The van der Waals surface area contributed by atoms with Gasteiger partial charge in [0.2, 0.25) is 5.78 Å². The van der Waals surface area contributed by atoms with E-state index in [1.54, 1.807) is 18.2 Å². The van der Waals surface area contributed by atoms with Crippen LogP contribution < -0.4 is 0 Å². The highest BCUT2D eigenvalue weighted by atomic mass is 19.1. The Morgan fingerprint density at radius 3 is 2.38 bits per heavy atom. The van der Waals surface area contributed by atoms with Crippen LogP contribution in [-0.4, -0.2) is 5.78 Å². The first-order valence-corrected chi connectivity index (χ1v) is 6.78. The van der Waals surface area contributed by atoms with Crippen LogP contribution in [0.25, 0.3) is 11.0 Å². The van der Waals surface area contributed by atoms with Gasteiger partial charge in [-0.2, -0.15) is 0 Å². The Labute approximate surface area is 122 Å². The number of rotatable bonds is 3. The van der Waals surface area contributed by atoms with Crippen molar-refractivity contribution in [2.75, 3.05) is 0 Å². The number of carbonyl (C=O) groups excluding carboxylic acids is 1. The number of fused-ring (bicyclic) bond motifs is 1. The van der Waals surface area contributed by atoms with Gasteiger partial charge in [-0.1, -0.05) is 30.3 Å². The number of hydrogen-bond acceptors (Lipinski definition) is 2. The second-order valence-corrected chi connectivity index (χ2v) is 5.61. The summed E-state index contributed by atoms with van der Waals surface area (Å²) in [5, 5.41) is 0.899. The summed E-state index contributed by atoms with van der Waals surface area (Å²) in [4.78, 5) is 12.7. The lowest BCUT2D eigenvalue weighted by molar-refractivity contribution is 0.0882. The molecular formula is C18H15FO2. The van der Waals surface area contributed by atoms with Gasteiger partial charge in [-0.25, -0.2) is 4.39 Å². The molecule has 2 nitrogen and oxygen atoms in total. The Hall–Kier alpha value is -2.42. The quantitative estimate of drug-likeness (QED) is 0.650. The molecule has 0 atom stereocenters. The molecule has 0 saturated carbocycles. The highest BCUT2D eigenvalue weighted by molar-refractivity contribution is 6.04. The van der Waals surface area contributed by atoms with E-state index >= 15 is 0 Å². The lowest BCUT2D eigenvalue weighted by atomic mass is 9.79. The Balaban J connectivity index is 2.01. The zero-order valence-corrected chi connectivity index (χ0v) is 11.9. The first kappa shape index (κ1) is 13.6. The van der Waals surface area contributed by atoms with Gasteiger partial charge in [0.15, 0.2) is 5.76 Å². The minimum atomic E-state index is -0.776. The predicted molar refractivity (Wildman–Crippen MR) is 80.0 cm³/mol. The number of benzene rings is 2. The van der Waals surface area contributed by atoms with Gasteiger partial charge in [0.25, 0.3) is 0 Å². The number of furan rings is 1. The number of ketones is 1. The Morgan fingerprint density at radius 2 is 1.71 bits per heavy atom. The van der Waals surface area contributed by atoms with Crippen molar-refractivity contribution >= 4 is 16.8 Å². The SMILES string of the molecule is CC(C)(C(=O)c1cc2ccccc2o1)c1ccc(F)cc1. The second kappa shape index (κ2) is 4.85. The van der Waals surface area contributed by atoms with Crippen molar-refractivity contribution in [2.45, 2.75) is 19.3 Å². The molecule has 0 bridgehead atoms. The summed E-state index contributed by atoms with van der Waals surface area (Å²) < 4.78 is 18.7. The van der Waals surface area contributed by atoms with E-state index in [0.717, 1.165) is 10.9 Å². The van der Waals surface area contributed by atoms with Crippen LogP contribution in [0.5, 0.6) is 0 Å². The van der Waals surface area contributed by atoms with Crippen molar-refractivity contribution in [1.29, 1.82) is 0 Å². The highest BCUT2D eigenvalue weighted by Gasteiger charge is 2.33. The molecule has 0 aliphatic rings. The fourth-order valence-electron chi connectivity index (χ4n) is 2.40. The largest absolute Gasteiger partial charge is 0.453 e. The Morgan fingerprint density at radius 1 is 1.05 bits per heavy atom. The maximum atomic E-state index is 13.0. The molecule has 0 N–H and O–H groups in total. The number of halogens is 1. The molecule has 2 aromatic carbocycles. The molecule has 1 aromatic heterocycles. The minimum Gasteiger partial charge on any atom is -0.453 e. The number of hydrogen-bond donors (Lipinski definition) is 0. The third-order valence-electron chi connectivity index (χ3n) is 3.78. The van der Waals surface area contributed by atoms with E-state index in [1.165, 1.54) is 12.1 Å². The Bertz CT molecular complexity index is 764. The van der Waals surface area contributed by atoms with Gasteiger partial charge in [0.05, 0.1) is 5.41 Å². The molecule has 0 aliphatic heterocycles. The molecule has 3 aromatic rings. The van der Waals surface area contributed by atoms with Crippen LogP contribution in [0.1, 0.15) is 30.0 Å². The van der Waals surface area contributed by atoms with E-state index in [0.29, 0.717) is 11.3 Å². The molecular weight excluding hydrogens is 267 g/mol. The van der Waals surface area contributed by atoms with Crippen LogP contribution in [0.4, 0.5) is 4.39 Å². The lowest BCUT2D eigenvalue weighted by Gasteiger charge is -2.22. The fraction of sp³-hybridized carbons (Fsp3) is 0.167. The van der Waals surface area contributed by atoms with Crippen LogP contribution in [-0.2, 0) is 5.41 Å². The fourth-order valence-corrected chi connectivity index (χ4v) is 2.40. The summed E-state index contributed by atoms with van der Waals surface area (Å²) in [5.74, 6) is -0.110. The predicted octanol–water partition coefficient (Wildman–Crippen LogP) is 4.73. The third-order valence-corrected chi connectivity index (χ3v) is 3.78. The molecule has 0 aliphatic carbocycles. The standard InChI is InChI=1S/C18H15FO2/c1-18(2,13-7-9-14(19)10-8-13)17(20)16-11-12-5-3-4-6-15(12)21-16/h3-11H,1-2H3. The van der Waals surface area contributed by atoms with Crippen molar-refractivity contribution in [3.63, 3.8) is 0 Å². The van der Waals surface area contributed by atoms with Crippen LogP contribution in [0.15, 0.2) is 59.0 Å². The van der Waals surface area contributed by atoms with Crippen molar-refractivity contribution in [2.24, 2.45) is 0 Å². The van der Waals surface area contributed by atoms with Gasteiger partial charge >= 0.3 is 0 Å². The van der Waals surface area contributed by atoms with Gasteiger partial charge in [-0.3, -0.25) is 4.79 Å². The summed E-state index contributed by atoms with van der Waals surface area (Å²) >= 11 is 0. The van der Waals surface area contributed by atoms with E-state index in [4.69, 9.17) is 4.42 Å². The molecule has 106 valence electrons. The van der Waals surface area contributed by atoms with E-state index in [9.17, 15) is 9.18 Å². The van der Waals surface area contributed by atoms with Crippen LogP contribution in [0, 0.1) is 5.82 Å². The Kier molecular flexibility index (Phi) is 3.13. The van der Waals surface area contributed by atoms with Gasteiger partial charge in [-0.15, -0.1) is 0 Å². The molecule has 21 heavy (non-hydrogen) atoms. The molecule has 0 unspecified atom stereocenters. The molecule has 1 heterocycles. The molecule has 0 spiro atoms. The summed E-state index contributed by atoms with van der Waals surface area (Å²) in [7, 11) is 0. The maximum absolute atomic E-state index is 13.0. The van der Waals surface area contributed by atoms with E-state index < -0.39 is 5.41 Å². The first-order chi connectivity index (χ1) is 9.98. The minimum absolute atomic E-state index is 0.120. The van der Waals surface area contributed by atoms with E-state index in [2.05, 4.69) is 0 Å². The zero-order valence-electron chi connectivity index (χ0n) is 11.9. The smallest absolute Gasteiger partial charge is 0.207 e. The normalized spacial score (nSPS) is 11.8. The van der Waals surface area contributed by atoms with Gasteiger partial charge in [0, 0.05) is 5.39 Å². The number of Topliss-reactive ketones (excluding diaryl/α,β-unsaturated/α-hetero) is 1. The maximum Gasteiger partial charge on any atom is 0.207 e. The zero-order chi connectivity index (χ0) is 15.0. The van der Waals surface area contributed by atoms with E-state index in [-0.39, 0.29) is 11.6 Å². The average molecular weight is 282 g/mol. The van der Waals surface area contributed by atoms with Gasteiger partial charge in [-0.05, 0) is 43.7 Å². The number of para-hydroxylation sites is 1. The molecule has 0 saturated heterocycles. The van der Waals surface area contributed by atoms with Crippen molar-refractivity contribution in [1.82, 2.24) is 0 Å². The molecule has 3 heteroatoms. The topological polar surface area (TPSA) is 30.2 Å².